The van der Waals surface area contributed by atoms with Crippen LogP contribution in [0.25, 0.3) is 11.1 Å². The first-order chi connectivity index (χ1) is 15.2. The molecule has 2 heterocycles. The number of benzene rings is 1. The van der Waals surface area contributed by atoms with Gasteiger partial charge in [0.05, 0.1) is 23.4 Å². The lowest BCUT2D eigenvalue weighted by atomic mass is 10.00. The van der Waals surface area contributed by atoms with Crippen molar-refractivity contribution in [3.05, 3.63) is 59.5 Å². The molecule has 2 aliphatic rings. The summed E-state index contributed by atoms with van der Waals surface area (Å²) in [7, 11) is 0. The van der Waals surface area contributed by atoms with E-state index < -0.39 is 17.7 Å². The molecular formula is C22H18ClF3N4O2. The molecule has 1 aliphatic carbocycles. The molecule has 1 atom stereocenters. The van der Waals surface area contributed by atoms with Crippen LogP contribution in [0.3, 0.4) is 0 Å². The van der Waals surface area contributed by atoms with E-state index in [0.717, 1.165) is 25.0 Å². The van der Waals surface area contributed by atoms with Gasteiger partial charge in [-0.05, 0) is 31.0 Å². The number of alkyl halides is 3. The Bertz CT molecular complexity index is 1130. The molecule has 0 bridgehead atoms. The average molecular weight is 463 g/mol. The lowest BCUT2D eigenvalue weighted by Gasteiger charge is -2.19. The number of carbonyl (C=O) groups excluding carboxylic acids is 2. The zero-order chi connectivity index (χ0) is 22.9. The van der Waals surface area contributed by atoms with Crippen molar-refractivity contribution in [1.29, 1.82) is 0 Å². The molecule has 2 aromatic rings. The maximum atomic E-state index is 12.9. The highest BCUT2D eigenvalue weighted by Gasteiger charge is 2.32. The summed E-state index contributed by atoms with van der Waals surface area (Å²) >= 11 is 6.13. The second-order valence-electron chi connectivity index (χ2n) is 7.59. The SMILES string of the molecule is O=C(Nc1cnccc1-c1ccc(C(F)(F)F)cc1Cl)C1C=CN=C(NC(=O)C2CC2)C1. The molecule has 1 unspecified atom stereocenters. The summed E-state index contributed by atoms with van der Waals surface area (Å²) in [6.07, 6.45) is 3.35. The van der Waals surface area contributed by atoms with Gasteiger partial charge in [-0.1, -0.05) is 23.7 Å². The first kappa shape index (κ1) is 22.0. The first-order valence-electron chi connectivity index (χ1n) is 9.88. The van der Waals surface area contributed by atoms with Gasteiger partial charge in [0, 0.05) is 40.9 Å². The van der Waals surface area contributed by atoms with Gasteiger partial charge in [0.15, 0.2) is 0 Å². The largest absolute Gasteiger partial charge is 0.416 e. The summed E-state index contributed by atoms with van der Waals surface area (Å²) in [6, 6.07) is 4.60. The molecule has 1 aliphatic heterocycles. The molecule has 0 radical (unpaired) electrons. The molecule has 32 heavy (non-hydrogen) atoms. The molecule has 1 aromatic heterocycles. The molecule has 1 saturated carbocycles. The zero-order valence-corrected chi connectivity index (χ0v) is 17.4. The molecular weight excluding hydrogens is 445 g/mol. The highest BCUT2D eigenvalue weighted by molar-refractivity contribution is 6.33. The Morgan fingerprint density at radius 2 is 1.84 bits per heavy atom. The van der Waals surface area contributed by atoms with Gasteiger partial charge in [-0.2, -0.15) is 13.2 Å². The van der Waals surface area contributed by atoms with Crippen molar-refractivity contribution in [2.24, 2.45) is 16.8 Å². The quantitative estimate of drug-likeness (QED) is 0.683. The van der Waals surface area contributed by atoms with Gasteiger partial charge in [0.2, 0.25) is 11.8 Å². The van der Waals surface area contributed by atoms with Crippen molar-refractivity contribution in [3.8, 4) is 11.1 Å². The lowest BCUT2D eigenvalue weighted by molar-refractivity contribution is -0.137. The molecule has 166 valence electrons. The van der Waals surface area contributed by atoms with Gasteiger partial charge >= 0.3 is 6.18 Å². The van der Waals surface area contributed by atoms with Gasteiger partial charge in [-0.15, -0.1) is 0 Å². The van der Waals surface area contributed by atoms with Crippen molar-refractivity contribution in [3.63, 3.8) is 0 Å². The smallest absolute Gasteiger partial charge is 0.324 e. The summed E-state index contributed by atoms with van der Waals surface area (Å²) in [4.78, 5) is 32.9. The highest BCUT2D eigenvalue weighted by Crippen LogP contribution is 2.38. The Hall–Kier alpha value is -3.20. The Kier molecular flexibility index (Phi) is 6.01. The van der Waals surface area contributed by atoms with Crippen LogP contribution in [0.4, 0.5) is 18.9 Å². The van der Waals surface area contributed by atoms with Crippen molar-refractivity contribution in [2.45, 2.75) is 25.4 Å². The van der Waals surface area contributed by atoms with E-state index in [9.17, 15) is 22.8 Å². The maximum Gasteiger partial charge on any atom is 0.416 e. The third kappa shape index (κ3) is 4.99. The summed E-state index contributed by atoms with van der Waals surface area (Å²) in [5, 5.41) is 5.41. The normalized spacial score (nSPS) is 18.1. The predicted octanol–water partition coefficient (Wildman–Crippen LogP) is 4.82. The molecule has 2 N–H and O–H groups in total. The Balaban J connectivity index is 1.50. The van der Waals surface area contributed by atoms with E-state index in [1.165, 1.54) is 24.7 Å². The summed E-state index contributed by atoms with van der Waals surface area (Å²) in [5.74, 6) is -0.612. The van der Waals surface area contributed by atoms with E-state index in [0.29, 0.717) is 22.6 Å². The minimum absolute atomic E-state index is 0.0160. The van der Waals surface area contributed by atoms with Crippen LogP contribution in [-0.2, 0) is 15.8 Å². The second kappa shape index (κ2) is 8.74. The van der Waals surface area contributed by atoms with Crippen LogP contribution < -0.4 is 10.6 Å². The van der Waals surface area contributed by atoms with Crippen LogP contribution in [0.1, 0.15) is 24.8 Å². The topological polar surface area (TPSA) is 83.4 Å². The van der Waals surface area contributed by atoms with Crippen LogP contribution in [0.5, 0.6) is 0 Å². The number of carbonyl (C=O) groups is 2. The number of nitrogens with zero attached hydrogens (tertiary/aromatic N) is 2. The van der Waals surface area contributed by atoms with E-state index in [4.69, 9.17) is 11.6 Å². The molecule has 2 amide bonds. The van der Waals surface area contributed by atoms with Crippen molar-refractivity contribution >= 4 is 34.9 Å². The number of pyridine rings is 1. The highest BCUT2D eigenvalue weighted by atomic mass is 35.5. The van der Waals surface area contributed by atoms with Crippen molar-refractivity contribution < 1.29 is 22.8 Å². The number of aromatic nitrogens is 1. The van der Waals surface area contributed by atoms with Gasteiger partial charge in [0.1, 0.15) is 5.84 Å². The van der Waals surface area contributed by atoms with Gasteiger partial charge in [0.25, 0.3) is 0 Å². The van der Waals surface area contributed by atoms with E-state index in [2.05, 4.69) is 20.6 Å². The fraction of sp³-hybridized carbons (Fsp3) is 0.273. The minimum atomic E-state index is -4.51. The lowest BCUT2D eigenvalue weighted by Crippen LogP contribution is -2.36. The number of aliphatic imine (C=N–C) groups is 1. The van der Waals surface area contributed by atoms with Crippen LogP contribution in [0, 0.1) is 11.8 Å². The first-order valence-corrected chi connectivity index (χ1v) is 10.3. The Labute approximate surface area is 186 Å². The van der Waals surface area contributed by atoms with Crippen LogP contribution in [-0.4, -0.2) is 22.6 Å². The predicted molar refractivity (Wildman–Crippen MR) is 114 cm³/mol. The van der Waals surface area contributed by atoms with Crippen LogP contribution in [0.2, 0.25) is 5.02 Å². The fourth-order valence-electron chi connectivity index (χ4n) is 3.28. The number of anilines is 1. The number of rotatable bonds is 4. The van der Waals surface area contributed by atoms with Gasteiger partial charge < -0.3 is 10.6 Å². The van der Waals surface area contributed by atoms with E-state index in [1.54, 1.807) is 12.1 Å². The molecule has 1 fully saturated rings. The van der Waals surface area contributed by atoms with E-state index in [1.807, 2.05) is 0 Å². The second-order valence-corrected chi connectivity index (χ2v) is 8.00. The van der Waals surface area contributed by atoms with E-state index >= 15 is 0 Å². The van der Waals surface area contributed by atoms with Crippen molar-refractivity contribution in [2.75, 3.05) is 5.32 Å². The van der Waals surface area contributed by atoms with Crippen LogP contribution in [0.15, 0.2) is 53.9 Å². The summed E-state index contributed by atoms with van der Waals surface area (Å²) in [6.45, 7) is 0. The Morgan fingerprint density at radius 1 is 1.06 bits per heavy atom. The van der Waals surface area contributed by atoms with Crippen LogP contribution >= 0.6 is 11.6 Å². The van der Waals surface area contributed by atoms with Gasteiger partial charge in [-0.25, -0.2) is 4.99 Å². The number of halogens is 4. The molecule has 0 saturated heterocycles. The average Bonchev–Trinajstić information content (AvgIpc) is 3.59. The monoisotopic (exact) mass is 462 g/mol. The standard InChI is InChI=1S/C22H18ClF3N4O2/c23-17-10-14(22(24,25)26)3-4-15(17)16-6-7-27-11-18(16)29-21(32)13-5-8-28-19(9-13)30-20(31)12-1-2-12/h3-8,10-13H,1-2,9H2,(H,29,32)(H,28,30,31). The number of hydrogen-bond acceptors (Lipinski definition) is 4. The van der Waals surface area contributed by atoms with Gasteiger partial charge in [-0.3, -0.25) is 14.6 Å². The third-order valence-corrected chi connectivity index (χ3v) is 5.49. The summed E-state index contributed by atoms with van der Waals surface area (Å²) < 4.78 is 38.8. The van der Waals surface area contributed by atoms with Crippen molar-refractivity contribution in [1.82, 2.24) is 10.3 Å². The Morgan fingerprint density at radius 3 is 2.53 bits per heavy atom. The zero-order valence-electron chi connectivity index (χ0n) is 16.6. The van der Waals surface area contributed by atoms with E-state index in [-0.39, 0.29) is 29.2 Å². The number of amides is 2. The third-order valence-electron chi connectivity index (χ3n) is 5.18. The molecule has 10 heteroatoms. The minimum Gasteiger partial charge on any atom is -0.324 e. The number of hydrogen-bond donors (Lipinski definition) is 2. The fourth-order valence-corrected chi connectivity index (χ4v) is 3.57. The molecule has 1 aromatic carbocycles. The molecule has 6 nitrogen and oxygen atoms in total. The molecule has 0 spiro atoms. The number of amidine groups is 1. The summed E-state index contributed by atoms with van der Waals surface area (Å²) in [5.41, 5.74) is 0.204. The maximum absolute atomic E-state index is 12.9. The number of nitrogens with one attached hydrogen (secondary N) is 2. The molecule has 4 rings (SSSR count).